The summed E-state index contributed by atoms with van der Waals surface area (Å²) in [6.07, 6.45) is 3.84. The number of pyridine rings is 2. The molecule has 3 rings (SSSR count). The predicted molar refractivity (Wildman–Crippen MR) is 72.5 cm³/mol. The van der Waals surface area contributed by atoms with E-state index < -0.39 is 0 Å². The van der Waals surface area contributed by atoms with E-state index in [1.54, 1.807) is 12.4 Å². The van der Waals surface area contributed by atoms with Gasteiger partial charge < -0.3 is 0 Å². The first-order valence-corrected chi connectivity index (χ1v) is 6.05. The summed E-state index contributed by atoms with van der Waals surface area (Å²) in [7, 11) is 0. The summed E-state index contributed by atoms with van der Waals surface area (Å²) in [6, 6.07) is 12.0. The Morgan fingerprint density at radius 3 is 2.89 bits per heavy atom. The number of rotatable bonds is 2. The fourth-order valence-corrected chi connectivity index (χ4v) is 2.30. The zero-order valence-corrected chi connectivity index (χ0v) is 10.5. The summed E-state index contributed by atoms with van der Waals surface area (Å²) in [5.74, 6) is 0. The largest absolute Gasteiger partial charge is 0.300 e. The van der Waals surface area contributed by atoms with Crippen LogP contribution in [-0.2, 0) is 6.42 Å². The highest BCUT2D eigenvalue weighted by atomic mass is 15.0. The third-order valence-electron chi connectivity index (χ3n) is 3.12. The maximum atomic E-state index is 9.05. The zero-order valence-electron chi connectivity index (χ0n) is 10.5. The summed E-state index contributed by atoms with van der Waals surface area (Å²) < 4.78 is 2.03. The van der Waals surface area contributed by atoms with Crippen molar-refractivity contribution < 1.29 is 0 Å². The minimum Gasteiger partial charge on any atom is -0.300 e. The van der Waals surface area contributed by atoms with Gasteiger partial charge in [-0.25, -0.2) is 4.98 Å². The molecule has 4 heteroatoms. The lowest BCUT2D eigenvalue weighted by molar-refractivity contribution is 1.00. The molecular weight excluding hydrogens is 236 g/mol. The third-order valence-corrected chi connectivity index (χ3v) is 3.12. The van der Waals surface area contributed by atoms with Crippen molar-refractivity contribution in [3.05, 3.63) is 54.1 Å². The molecule has 0 unspecified atom stereocenters. The molecule has 0 aliphatic rings. The first-order chi connectivity index (χ1) is 9.31. The first kappa shape index (κ1) is 11.4. The summed E-state index contributed by atoms with van der Waals surface area (Å²) in [5, 5.41) is 9.05. The van der Waals surface area contributed by atoms with E-state index in [0.717, 1.165) is 28.3 Å². The average molecular weight is 248 g/mol. The summed E-state index contributed by atoms with van der Waals surface area (Å²) in [5.41, 5.74) is 4.64. The van der Waals surface area contributed by atoms with Gasteiger partial charge in [-0.2, -0.15) is 5.26 Å². The number of hydrogen-bond donors (Lipinski definition) is 0. The molecule has 4 nitrogen and oxygen atoms in total. The molecule has 3 aromatic rings. The second-order valence-electron chi connectivity index (χ2n) is 4.34. The van der Waals surface area contributed by atoms with Crippen molar-refractivity contribution in [2.75, 3.05) is 0 Å². The van der Waals surface area contributed by atoms with Gasteiger partial charge in [-0.1, -0.05) is 6.07 Å². The fourth-order valence-electron chi connectivity index (χ4n) is 2.30. The van der Waals surface area contributed by atoms with Crippen LogP contribution >= 0.6 is 0 Å². The number of fused-ring (bicyclic) bond motifs is 1. The normalized spacial score (nSPS) is 10.5. The van der Waals surface area contributed by atoms with Crippen molar-refractivity contribution in [3.8, 4) is 17.3 Å². The van der Waals surface area contributed by atoms with E-state index in [1.165, 1.54) is 0 Å². The van der Waals surface area contributed by atoms with Crippen molar-refractivity contribution in [1.82, 2.24) is 14.4 Å². The standard InChI is InChI=1S/C15H12N4/c1-11-4-2-6-14-18-15(12-5-3-9-17-10-12)13(7-8-16)19(11)14/h2-6,9-10H,7H2,1H3. The number of nitriles is 1. The minimum atomic E-state index is 0.330. The molecule has 0 N–H and O–H groups in total. The summed E-state index contributed by atoms with van der Waals surface area (Å²) >= 11 is 0. The Labute approximate surface area is 111 Å². The van der Waals surface area contributed by atoms with Crippen LogP contribution in [0.4, 0.5) is 0 Å². The van der Waals surface area contributed by atoms with Crippen molar-refractivity contribution >= 4 is 5.65 Å². The zero-order chi connectivity index (χ0) is 13.2. The van der Waals surface area contributed by atoms with E-state index in [9.17, 15) is 0 Å². The Kier molecular flexibility index (Phi) is 2.73. The molecule has 0 atom stereocenters. The molecule has 0 saturated carbocycles. The lowest BCUT2D eigenvalue weighted by Crippen LogP contribution is -1.97. The highest BCUT2D eigenvalue weighted by Gasteiger charge is 2.14. The topological polar surface area (TPSA) is 54.0 Å². The van der Waals surface area contributed by atoms with E-state index in [-0.39, 0.29) is 0 Å². The maximum Gasteiger partial charge on any atom is 0.137 e. The van der Waals surface area contributed by atoms with E-state index in [2.05, 4.69) is 16.0 Å². The van der Waals surface area contributed by atoms with Crippen LogP contribution in [-0.4, -0.2) is 14.4 Å². The Morgan fingerprint density at radius 2 is 2.16 bits per heavy atom. The molecule has 0 aliphatic carbocycles. The predicted octanol–water partition coefficient (Wildman–Crippen LogP) is 2.77. The molecule has 92 valence electrons. The van der Waals surface area contributed by atoms with Crippen LogP contribution in [0, 0.1) is 18.3 Å². The van der Waals surface area contributed by atoms with Crippen molar-refractivity contribution in [2.24, 2.45) is 0 Å². The van der Waals surface area contributed by atoms with Gasteiger partial charge in [0.05, 0.1) is 23.9 Å². The van der Waals surface area contributed by atoms with Gasteiger partial charge in [-0.05, 0) is 31.2 Å². The van der Waals surface area contributed by atoms with Crippen LogP contribution < -0.4 is 0 Å². The molecule has 0 saturated heterocycles. The van der Waals surface area contributed by atoms with E-state index >= 15 is 0 Å². The lowest BCUT2D eigenvalue weighted by atomic mass is 10.1. The Morgan fingerprint density at radius 1 is 1.26 bits per heavy atom. The van der Waals surface area contributed by atoms with E-state index in [1.807, 2.05) is 41.7 Å². The minimum absolute atomic E-state index is 0.330. The molecule has 0 radical (unpaired) electrons. The van der Waals surface area contributed by atoms with Gasteiger partial charge in [0.1, 0.15) is 5.65 Å². The average Bonchev–Trinajstić information content (AvgIpc) is 2.81. The molecular formula is C15H12N4. The molecule has 0 bridgehead atoms. The van der Waals surface area contributed by atoms with Gasteiger partial charge in [0.2, 0.25) is 0 Å². The highest BCUT2D eigenvalue weighted by Crippen LogP contribution is 2.25. The molecule has 19 heavy (non-hydrogen) atoms. The number of aryl methyl sites for hydroxylation is 1. The van der Waals surface area contributed by atoms with Crippen LogP contribution in [0.3, 0.4) is 0 Å². The first-order valence-electron chi connectivity index (χ1n) is 6.05. The van der Waals surface area contributed by atoms with Crippen molar-refractivity contribution in [3.63, 3.8) is 0 Å². The Bertz CT molecular complexity index is 766. The van der Waals surface area contributed by atoms with Gasteiger partial charge in [-0.3, -0.25) is 9.38 Å². The van der Waals surface area contributed by atoms with E-state index in [0.29, 0.717) is 6.42 Å². The lowest BCUT2D eigenvalue weighted by Gasteiger charge is -2.03. The molecule has 0 aliphatic heterocycles. The molecule has 0 spiro atoms. The fraction of sp³-hybridized carbons (Fsp3) is 0.133. The smallest absolute Gasteiger partial charge is 0.137 e. The quantitative estimate of drug-likeness (QED) is 0.700. The third kappa shape index (κ3) is 1.85. The molecule has 0 aromatic carbocycles. The SMILES string of the molecule is Cc1cccc2nc(-c3cccnc3)c(CC#N)n12. The van der Waals surface area contributed by atoms with Crippen LogP contribution in [0.5, 0.6) is 0 Å². The Hall–Kier alpha value is -2.67. The van der Waals surface area contributed by atoms with Gasteiger partial charge in [-0.15, -0.1) is 0 Å². The second kappa shape index (κ2) is 4.54. The Balaban J connectivity index is 2.34. The number of aromatic nitrogens is 3. The molecule has 0 amide bonds. The van der Waals surface area contributed by atoms with Gasteiger partial charge in [0.15, 0.2) is 0 Å². The monoisotopic (exact) mass is 248 g/mol. The number of hydrogen-bond acceptors (Lipinski definition) is 3. The van der Waals surface area contributed by atoms with Crippen LogP contribution in [0.1, 0.15) is 11.4 Å². The van der Waals surface area contributed by atoms with Gasteiger partial charge in [0, 0.05) is 23.7 Å². The molecule has 3 aromatic heterocycles. The molecule has 3 heterocycles. The van der Waals surface area contributed by atoms with Crippen LogP contribution in [0.25, 0.3) is 16.9 Å². The second-order valence-corrected chi connectivity index (χ2v) is 4.34. The summed E-state index contributed by atoms with van der Waals surface area (Å²) in [4.78, 5) is 8.76. The van der Waals surface area contributed by atoms with E-state index in [4.69, 9.17) is 5.26 Å². The highest BCUT2D eigenvalue weighted by molar-refractivity contribution is 5.66. The number of nitrogens with zero attached hydrogens (tertiary/aromatic N) is 4. The maximum absolute atomic E-state index is 9.05. The van der Waals surface area contributed by atoms with Crippen molar-refractivity contribution in [2.45, 2.75) is 13.3 Å². The molecule has 0 fully saturated rings. The summed E-state index contributed by atoms with van der Waals surface area (Å²) in [6.45, 7) is 2.02. The number of imidazole rings is 1. The van der Waals surface area contributed by atoms with Crippen LogP contribution in [0.15, 0.2) is 42.7 Å². The van der Waals surface area contributed by atoms with Crippen molar-refractivity contribution in [1.29, 1.82) is 5.26 Å². The van der Waals surface area contributed by atoms with Gasteiger partial charge in [0.25, 0.3) is 0 Å². The van der Waals surface area contributed by atoms with Crippen LogP contribution in [0.2, 0.25) is 0 Å². The van der Waals surface area contributed by atoms with Gasteiger partial charge >= 0.3 is 0 Å².